The Hall–Kier alpha value is -0.221. The minimum atomic E-state index is -0.717. The van der Waals surface area contributed by atoms with Crippen molar-refractivity contribution in [2.24, 2.45) is 0 Å². The third-order valence-corrected chi connectivity index (χ3v) is 4.14. The number of aryl methyl sites for hydroxylation is 1. The molecule has 1 aliphatic carbocycles. The van der Waals surface area contributed by atoms with E-state index in [4.69, 9.17) is 0 Å². The number of aliphatic hydroxyl groups excluding tert-OH is 2. The molecule has 0 bridgehead atoms. The summed E-state index contributed by atoms with van der Waals surface area (Å²) in [5, 5.41) is 23.3. The van der Waals surface area contributed by atoms with Crippen molar-refractivity contribution in [2.75, 3.05) is 0 Å². The Kier molecular flexibility index (Phi) is 2.79. The molecule has 2 N–H and O–H groups in total. The van der Waals surface area contributed by atoms with Crippen molar-refractivity contribution in [1.82, 2.24) is 9.19 Å². The van der Waals surface area contributed by atoms with E-state index in [0.717, 1.165) is 29.4 Å². The van der Waals surface area contributed by atoms with Crippen LogP contribution < -0.4 is 0 Å². The molecule has 1 aromatic heterocycles. The van der Waals surface area contributed by atoms with Gasteiger partial charge in [0.2, 0.25) is 0 Å². The van der Waals surface area contributed by atoms with Crippen molar-refractivity contribution in [3.8, 4) is 0 Å². The summed E-state index contributed by atoms with van der Waals surface area (Å²) in [5.41, 5.74) is 0.922. The molecule has 1 heterocycles. The Morgan fingerprint density at radius 1 is 1.31 bits per heavy atom. The van der Waals surface area contributed by atoms with Crippen LogP contribution in [0, 0.1) is 0 Å². The van der Waals surface area contributed by atoms with Crippen molar-refractivity contribution >= 4 is 14.7 Å². The van der Waals surface area contributed by atoms with E-state index < -0.39 is 12.2 Å². The molecule has 2 rings (SSSR count). The van der Waals surface area contributed by atoms with Crippen molar-refractivity contribution < 1.29 is 10.2 Å². The van der Waals surface area contributed by atoms with E-state index in [-0.39, 0.29) is 14.7 Å². The van der Waals surface area contributed by atoms with Gasteiger partial charge in [-0.15, -0.1) is 0 Å². The fourth-order valence-corrected chi connectivity index (χ4v) is 3.15. The van der Waals surface area contributed by atoms with Gasteiger partial charge in [-0.05, 0) is 0 Å². The molecule has 4 nitrogen and oxygen atoms in total. The van der Waals surface area contributed by atoms with Crippen LogP contribution >= 0.6 is 0 Å². The normalized spacial score (nSPS) is 29.1. The van der Waals surface area contributed by atoms with Gasteiger partial charge >= 0.3 is 82.2 Å². The number of fused-ring (bicyclic) bond motifs is 1. The quantitative estimate of drug-likeness (QED) is 0.615. The van der Waals surface area contributed by atoms with Crippen LogP contribution in [0.15, 0.2) is 0 Å². The summed E-state index contributed by atoms with van der Waals surface area (Å²) in [5.74, 6) is 0. The zero-order chi connectivity index (χ0) is 9.26. The summed E-state index contributed by atoms with van der Waals surface area (Å²) >= 11 is -0.0763. The van der Waals surface area contributed by atoms with Crippen LogP contribution in [0.2, 0.25) is 0 Å². The predicted molar refractivity (Wildman–Crippen MR) is 47.5 cm³/mol. The third-order valence-electron chi connectivity index (χ3n) is 2.38. The SMILES string of the molecule is O[C@H]1CCCCc2nn[se]c2[C@@H]1O. The first-order valence-corrected chi connectivity index (χ1v) is 6.08. The van der Waals surface area contributed by atoms with Crippen molar-refractivity contribution in [3.63, 3.8) is 0 Å². The Morgan fingerprint density at radius 3 is 3.00 bits per heavy atom. The second-order valence-corrected chi connectivity index (χ2v) is 4.99. The molecule has 0 saturated heterocycles. The van der Waals surface area contributed by atoms with Gasteiger partial charge in [0, 0.05) is 0 Å². The summed E-state index contributed by atoms with van der Waals surface area (Å²) in [6.45, 7) is 0. The number of hydrogen-bond acceptors (Lipinski definition) is 4. The van der Waals surface area contributed by atoms with E-state index in [1.54, 1.807) is 0 Å². The number of hydrogen-bond donors (Lipinski definition) is 2. The molecule has 0 spiro atoms. The maximum absolute atomic E-state index is 9.74. The molecular formula is C8H12N2O2Se. The number of nitrogens with zero attached hydrogens (tertiary/aromatic N) is 2. The van der Waals surface area contributed by atoms with Crippen LogP contribution in [0.5, 0.6) is 0 Å². The summed E-state index contributed by atoms with van der Waals surface area (Å²) in [6.07, 6.45) is 2.26. The number of aromatic nitrogens is 2. The Balaban J connectivity index is 2.29. The molecule has 0 saturated carbocycles. The molecule has 2 atom stereocenters. The molecular weight excluding hydrogens is 235 g/mol. The van der Waals surface area contributed by atoms with Crippen LogP contribution in [-0.2, 0) is 6.42 Å². The molecule has 1 aliphatic rings. The number of aliphatic hydroxyl groups is 2. The van der Waals surface area contributed by atoms with E-state index in [9.17, 15) is 10.2 Å². The molecule has 0 radical (unpaired) electrons. The van der Waals surface area contributed by atoms with Crippen LogP contribution in [0.4, 0.5) is 0 Å². The van der Waals surface area contributed by atoms with Crippen LogP contribution in [-0.4, -0.2) is 40.2 Å². The van der Waals surface area contributed by atoms with Gasteiger partial charge in [-0.1, -0.05) is 0 Å². The van der Waals surface area contributed by atoms with E-state index in [1.807, 2.05) is 0 Å². The molecule has 0 aliphatic heterocycles. The van der Waals surface area contributed by atoms with Crippen LogP contribution in [0.1, 0.15) is 35.5 Å². The van der Waals surface area contributed by atoms with Gasteiger partial charge in [0.25, 0.3) is 0 Å². The van der Waals surface area contributed by atoms with Gasteiger partial charge in [-0.3, -0.25) is 0 Å². The van der Waals surface area contributed by atoms with Gasteiger partial charge in [0.15, 0.2) is 0 Å². The van der Waals surface area contributed by atoms with Crippen molar-refractivity contribution in [2.45, 2.75) is 37.9 Å². The van der Waals surface area contributed by atoms with Gasteiger partial charge < -0.3 is 0 Å². The molecule has 5 heteroatoms. The van der Waals surface area contributed by atoms with E-state index >= 15 is 0 Å². The third kappa shape index (κ3) is 1.83. The topological polar surface area (TPSA) is 66.2 Å². The molecule has 0 amide bonds. The Morgan fingerprint density at radius 2 is 2.15 bits per heavy atom. The average molecular weight is 247 g/mol. The maximum atomic E-state index is 9.74. The second kappa shape index (κ2) is 3.88. The summed E-state index contributed by atoms with van der Waals surface area (Å²) in [7, 11) is 0. The minimum absolute atomic E-state index is 0.0763. The fourth-order valence-electron chi connectivity index (χ4n) is 1.59. The first kappa shape index (κ1) is 9.34. The molecule has 0 unspecified atom stereocenters. The molecule has 0 aromatic carbocycles. The van der Waals surface area contributed by atoms with Gasteiger partial charge in [0.1, 0.15) is 0 Å². The van der Waals surface area contributed by atoms with Crippen molar-refractivity contribution in [1.29, 1.82) is 0 Å². The average Bonchev–Trinajstić information content (AvgIpc) is 2.56. The first-order valence-electron chi connectivity index (χ1n) is 4.46. The molecule has 13 heavy (non-hydrogen) atoms. The summed E-state index contributed by atoms with van der Waals surface area (Å²) in [4.78, 5) is 0. The Bertz CT molecular complexity index is 289. The van der Waals surface area contributed by atoms with Gasteiger partial charge in [0.05, 0.1) is 0 Å². The number of rotatable bonds is 0. The Labute approximate surface area is 82.6 Å². The van der Waals surface area contributed by atoms with Crippen molar-refractivity contribution in [3.05, 3.63) is 10.1 Å². The molecule has 72 valence electrons. The van der Waals surface area contributed by atoms with Crippen LogP contribution in [0.25, 0.3) is 0 Å². The van der Waals surface area contributed by atoms with Gasteiger partial charge in [-0.2, -0.15) is 0 Å². The molecule has 1 aromatic rings. The van der Waals surface area contributed by atoms with E-state index in [0.29, 0.717) is 6.42 Å². The zero-order valence-electron chi connectivity index (χ0n) is 7.18. The van der Waals surface area contributed by atoms with E-state index in [2.05, 4.69) is 9.19 Å². The fraction of sp³-hybridized carbons (Fsp3) is 0.750. The summed E-state index contributed by atoms with van der Waals surface area (Å²) < 4.78 is 4.83. The second-order valence-electron chi connectivity index (χ2n) is 3.34. The zero-order valence-corrected chi connectivity index (χ0v) is 8.89. The van der Waals surface area contributed by atoms with Gasteiger partial charge in [-0.25, -0.2) is 0 Å². The molecule has 0 fully saturated rings. The van der Waals surface area contributed by atoms with E-state index in [1.165, 1.54) is 0 Å². The first-order chi connectivity index (χ1) is 6.29. The van der Waals surface area contributed by atoms with Crippen LogP contribution in [0.3, 0.4) is 0 Å². The predicted octanol–water partition coefficient (Wildman–Crippen LogP) is -0.346. The standard InChI is InChI=1S/C8H12N2O2Se/c11-6-4-2-1-3-5-8(7(6)12)13-10-9-5/h6-7,11-12H,1-4H2/t6-,7+/m0/s1. The monoisotopic (exact) mass is 248 g/mol. The summed E-state index contributed by atoms with van der Waals surface area (Å²) in [6, 6.07) is 0.